The van der Waals surface area contributed by atoms with E-state index in [1.165, 1.54) is 23.1 Å². The van der Waals surface area contributed by atoms with Gasteiger partial charge in [-0.1, -0.05) is 6.07 Å². The van der Waals surface area contributed by atoms with Crippen LogP contribution in [0.5, 0.6) is 5.75 Å². The fourth-order valence-corrected chi connectivity index (χ4v) is 2.95. The highest BCUT2D eigenvalue weighted by Crippen LogP contribution is 2.35. The number of pyridine rings is 1. The molecule has 0 fully saturated rings. The molecule has 0 radical (unpaired) electrons. The largest absolute Gasteiger partial charge is 0.482 e. The Morgan fingerprint density at radius 3 is 2.82 bits per heavy atom. The number of anilines is 1. The van der Waals surface area contributed by atoms with Gasteiger partial charge in [0.1, 0.15) is 12.3 Å². The summed E-state index contributed by atoms with van der Waals surface area (Å²) in [7, 11) is 0. The number of nitro benzene ring substituents is 1. The lowest BCUT2D eigenvalue weighted by Gasteiger charge is -2.32. The lowest BCUT2D eigenvalue weighted by Crippen LogP contribution is -2.48. The van der Waals surface area contributed by atoms with Crippen LogP contribution in [0.25, 0.3) is 0 Å². The summed E-state index contributed by atoms with van der Waals surface area (Å²) in [6.07, 6.45) is 3.34. The molecule has 0 unspecified atom stereocenters. The molecule has 0 atom stereocenters. The highest BCUT2D eigenvalue weighted by atomic mass is 16.6. The van der Waals surface area contributed by atoms with Crippen LogP contribution in [-0.4, -0.2) is 45.8 Å². The lowest BCUT2D eigenvalue weighted by molar-refractivity contribution is -0.384. The topological polar surface area (TPSA) is 106 Å². The molecule has 1 aromatic heterocycles. The van der Waals surface area contributed by atoms with Gasteiger partial charge < -0.3 is 9.64 Å². The third kappa shape index (κ3) is 4.08. The zero-order chi connectivity index (χ0) is 20.3. The van der Waals surface area contributed by atoms with E-state index in [-0.39, 0.29) is 36.5 Å². The quantitative estimate of drug-likeness (QED) is 0.558. The summed E-state index contributed by atoms with van der Waals surface area (Å²) >= 11 is 0. The summed E-state index contributed by atoms with van der Waals surface area (Å²) in [5, 5.41) is 11.1. The summed E-state index contributed by atoms with van der Waals surface area (Å²) in [6.45, 7) is 3.67. The van der Waals surface area contributed by atoms with Gasteiger partial charge in [-0.3, -0.25) is 29.6 Å². The van der Waals surface area contributed by atoms with Gasteiger partial charge in [-0.05, 0) is 31.5 Å². The second-order valence-electron chi connectivity index (χ2n) is 6.65. The fraction of sp³-hybridized carbons (Fsp3) is 0.316. The van der Waals surface area contributed by atoms with Crippen LogP contribution in [0.15, 0.2) is 42.7 Å². The van der Waals surface area contributed by atoms with Gasteiger partial charge in [0, 0.05) is 37.1 Å². The molecule has 2 aromatic rings. The van der Waals surface area contributed by atoms with Crippen LogP contribution in [0.4, 0.5) is 11.4 Å². The number of ether oxygens (including phenoxy) is 1. The summed E-state index contributed by atoms with van der Waals surface area (Å²) < 4.78 is 5.34. The predicted molar refractivity (Wildman–Crippen MR) is 101 cm³/mol. The van der Waals surface area contributed by atoms with Gasteiger partial charge >= 0.3 is 0 Å². The summed E-state index contributed by atoms with van der Waals surface area (Å²) in [5.74, 6) is -0.362. The van der Waals surface area contributed by atoms with Crippen LogP contribution in [0.1, 0.15) is 19.4 Å². The minimum Gasteiger partial charge on any atom is -0.482 e. The number of nitrogens with zero attached hydrogens (tertiary/aromatic N) is 4. The molecule has 0 spiro atoms. The maximum atomic E-state index is 13.0. The van der Waals surface area contributed by atoms with E-state index in [1.54, 1.807) is 23.4 Å². The van der Waals surface area contributed by atoms with Crippen molar-refractivity contribution in [2.24, 2.45) is 0 Å². The van der Waals surface area contributed by atoms with Gasteiger partial charge in [-0.25, -0.2) is 0 Å². The molecular formula is C19H20N4O5. The first-order valence-electron chi connectivity index (χ1n) is 8.77. The van der Waals surface area contributed by atoms with Gasteiger partial charge in [0.05, 0.1) is 10.6 Å². The van der Waals surface area contributed by atoms with Crippen molar-refractivity contribution < 1.29 is 19.2 Å². The Balaban J connectivity index is 1.85. The van der Waals surface area contributed by atoms with Crippen LogP contribution in [0, 0.1) is 10.1 Å². The zero-order valence-electron chi connectivity index (χ0n) is 15.6. The van der Waals surface area contributed by atoms with Crippen molar-refractivity contribution in [3.63, 3.8) is 0 Å². The van der Waals surface area contributed by atoms with E-state index in [0.29, 0.717) is 12.3 Å². The highest BCUT2D eigenvalue weighted by Gasteiger charge is 2.31. The second kappa shape index (κ2) is 8.03. The normalized spacial score (nSPS) is 13.1. The zero-order valence-corrected chi connectivity index (χ0v) is 15.6. The average Bonchev–Trinajstić information content (AvgIpc) is 2.68. The Morgan fingerprint density at radius 2 is 2.18 bits per heavy atom. The van der Waals surface area contributed by atoms with E-state index in [2.05, 4.69) is 4.98 Å². The Labute approximate surface area is 161 Å². The number of nitro groups is 1. The molecular weight excluding hydrogens is 364 g/mol. The number of aromatic nitrogens is 1. The average molecular weight is 384 g/mol. The van der Waals surface area contributed by atoms with Crippen molar-refractivity contribution in [3.05, 3.63) is 58.4 Å². The number of rotatable bonds is 6. The maximum Gasteiger partial charge on any atom is 0.271 e. The molecule has 1 aliphatic rings. The van der Waals surface area contributed by atoms with E-state index in [1.807, 2.05) is 19.9 Å². The molecule has 0 N–H and O–H groups in total. The molecule has 146 valence electrons. The van der Waals surface area contributed by atoms with Gasteiger partial charge in [0.15, 0.2) is 6.61 Å². The SMILES string of the molecule is CC(C)N(Cc1cccnc1)C(=O)CN1C(=O)COc2ccc([N+](=O)[O-])cc21. The molecule has 9 heteroatoms. The number of fused-ring (bicyclic) bond motifs is 1. The molecule has 1 aromatic carbocycles. The van der Waals surface area contributed by atoms with E-state index >= 15 is 0 Å². The third-order valence-electron chi connectivity index (χ3n) is 4.41. The molecule has 2 amide bonds. The van der Waals surface area contributed by atoms with Crippen molar-refractivity contribution in [2.75, 3.05) is 18.1 Å². The fourth-order valence-electron chi connectivity index (χ4n) is 2.95. The van der Waals surface area contributed by atoms with Crippen molar-refractivity contribution in [1.82, 2.24) is 9.88 Å². The van der Waals surface area contributed by atoms with E-state index in [4.69, 9.17) is 4.74 Å². The molecule has 28 heavy (non-hydrogen) atoms. The predicted octanol–water partition coefficient (Wildman–Crippen LogP) is 2.15. The summed E-state index contributed by atoms with van der Waals surface area (Å²) in [6, 6.07) is 7.55. The van der Waals surface area contributed by atoms with Gasteiger partial charge in [-0.15, -0.1) is 0 Å². The van der Waals surface area contributed by atoms with E-state index in [0.717, 1.165) is 5.56 Å². The summed E-state index contributed by atoms with van der Waals surface area (Å²) in [4.78, 5) is 42.8. The Bertz CT molecular complexity index is 900. The molecule has 0 saturated carbocycles. The standard InChI is InChI=1S/C19H20N4O5/c1-13(2)21(10-14-4-3-7-20-9-14)18(24)11-22-16-8-15(23(26)27)5-6-17(16)28-12-19(22)25/h3-9,13H,10-12H2,1-2H3. The van der Waals surface area contributed by atoms with Crippen molar-refractivity contribution in [2.45, 2.75) is 26.4 Å². The van der Waals surface area contributed by atoms with Crippen molar-refractivity contribution >= 4 is 23.2 Å². The maximum absolute atomic E-state index is 13.0. The van der Waals surface area contributed by atoms with Crippen LogP contribution >= 0.6 is 0 Å². The van der Waals surface area contributed by atoms with Gasteiger partial charge in [0.25, 0.3) is 11.6 Å². The van der Waals surface area contributed by atoms with Crippen LogP contribution < -0.4 is 9.64 Å². The lowest BCUT2D eigenvalue weighted by atomic mass is 10.2. The van der Waals surface area contributed by atoms with Crippen molar-refractivity contribution in [3.8, 4) is 5.75 Å². The molecule has 0 bridgehead atoms. The third-order valence-corrected chi connectivity index (χ3v) is 4.41. The monoisotopic (exact) mass is 384 g/mol. The van der Waals surface area contributed by atoms with Gasteiger partial charge in [-0.2, -0.15) is 0 Å². The minimum absolute atomic E-state index is 0.103. The molecule has 9 nitrogen and oxygen atoms in total. The summed E-state index contributed by atoms with van der Waals surface area (Å²) in [5.41, 5.74) is 0.920. The van der Waals surface area contributed by atoms with Crippen molar-refractivity contribution in [1.29, 1.82) is 0 Å². The molecule has 0 aliphatic carbocycles. The molecule has 0 saturated heterocycles. The van der Waals surface area contributed by atoms with Crippen LogP contribution in [0.2, 0.25) is 0 Å². The number of carbonyl (C=O) groups excluding carboxylic acids is 2. The number of hydrogen-bond acceptors (Lipinski definition) is 6. The van der Waals surface area contributed by atoms with Crippen LogP contribution in [-0.2, 0) is 16.1 Å². The van der Waals surface area contributed by atoms with E-state index in [9.17, 15) is 19.7 Å². The number of non-ortho nitro benzene ring substituents is 1. The number of hydrogen-bond donors (Lipinski definition) is 0. The molecule has 3 rings (SSSR count). The van der Waals surface area contributed by atoms with E-state index < -0.39 is 10.8 Å². The first-order chi connectivity index (χ1) is 13.4. The Hall–Kier alpha value is -3.49. The first-order valence-corrected chi connectivity index (χ1v) is 8.77. The Morgan fingerprint density at radius 1 is 1.39 bits per heavy atom. The number of benzene rings is 1. The first kappa shape index (κ1) is 19.3. The van der Waals surface area contributed by atoms with Crippen LogP contribution in [0.3, 0.4) is 0 Å². The number of amides is 2. The molecule has 2 heterocycles. The highest BCUT2D eigenvalue weighted by molar-refractivity contribution is 6.02. The Kier molecular flexibility index (Phi) is 5.53. The van der Waals surface area contributed by atoms with Gasteiger partial charge in [0.2, 0.25) is 5.91 Å². The molecule has 1 aliphatic heterocycles. The minimum atomic E-state index is -0.553. The smallest absolute Gasteiger partial charge is 0.271 e. The number of carbonyl (C=O) groups is 2. The second-order valence-corrected chi connectivity index (χ2v) is 6.65.